The minimum absolute atomic E-state index is 0.0713. The largest absolute Gasteiger partial charge is 0.322 e. The van der Waals surface area contributed by atoms with Crippen LogP contribution >= 0.6 is 11.6 Å². The number of amides is 1. The van der Waals surface area contributed by atoms with Crippen molar-refractivity contribution in [2.75, 3.05) is 15.9 Å². The van der Waals surface area contributed by atoms with E-state index in [0.717, 1.165) is 6.26 Å². The first-order valence-corrected chi connectivity index (χ1v) is 11.6. The molecule has 1 N–H and O–H groups in total. The van der Waals surface area contributed by atoms with Crippen LogP contribution in [0.1, 0.15) is 33.2 Å². The maximum absolute atomic E-state index is 12.6. The lowest BCUT2D eigenvalue weighted by atomic mass is 10.1. The first-order valence-electron chi connectivity index (χ1n) is 9.38. The molecule has 0 atom stereocenters. The third-order valence-corrected chi connectivity index (χ3v) is 6.13. The minimum atomic E-state index is -3.59. The topological polar surface area (TPSA) is 83.6 Å². The lowest BCUT2D eigenvalue weighted by Crippen LogP contribution is -2.29. The summed E-state index contributed by atoms with van der Waals surface area (Å²) in [5, 5.41) is 3.21. The Bertz CT molecular complexity index is 1220. The fourth-order valence-corrected chi connectivity index (χ4v) is 4.05. The Balaban J connectivity index is 1.81. The highest BCUT2D eigenvalue weighted by Gasteiger charge is 2.19. The van der Waals surface area contributed by atoms with Crippen LogP contribution < -0.4 is 9.62 Å². The summed E-state index contributed by atoms with van der Waals surface area (Å²) in [5.74, 6) is -0.468. The molecule has 0 aliphatic heterocycles. The number of halogens is 1. The molecule has 3 aromatic rings. The van der Waals surface area contributed by atoms with Crippen molar-refractivity contribution in [3.05, 3.63) is 94.5 Å². The number of Topliss-reactive ketones (excluding diaryl/α,β-unsaturated/α-hetero) is 1. The van der Waals surface area contributed by atoms with E-state index in [-0.39, 0.29) is 18.2 Å². The van der Waals surface area contributed by atoms with Gasteiger partial charge in [0.1, 0.15) is 0 Å². The Morgan fingerprint density at radius 2 is 1.61 bits per heavy atom. The Labute approximate surface area is 186 Å². The number of hydrogen-bond donors (Lipinski definition) is 1. The van der Waals surface area contributed by atoms with Crippen molar-refractivity contribution in [1.82, 2.24) is 0 Å². The number of nitrogens with one attached hydrogen (secondary N) is 1. The van der Waals surface area contributed by atoms with Crippen molar-refractivity contribution >= 4 is 44.7 Å². The molecule has 8 heteroatoms. The molecule has 0 saturated carbocycles. The Kier molecular flexibility index (Phi) is 6.77. The molecule has 1 amide bonds. The Morgan fingerprint density at radius 1 is 0.935 bits per heavy atom. The van der Waals surface area contributed by atoms with Gasteiger partial charge in [0.05, 0.1) is 18.5 Å². The zero-order valence-corrected chi connectivity index (χ0v) is 18.6. The van der Waals surface area contributed by atoms with E-state index in [1.165, 1.54) is 11.2 Å². The van der Waals surface area contributed by atoms with Crippen molar-refractivity contribution in [2.24, 2.45) is 0 Å². The third-order valence-electron chi connectivity index (χ3n) is 4.62. The molecule has 0 unspecified atom stereocenters. The maximum Gasteiger partial charge on any atom is 0.255 e. The molecular formula is C23H21ClN2O4S. The van der Waals surface area contributed by atoms with Crippen LogP contribution in [-0.2, 0) is 16.6 Å². The van der Waals surface area contributed by atoms with Crippen LogP contribution in [0.2, 0.25) is 5.02 Å². The van der Waals surface area contributed by atoms with E-state index in [0.29, 0.717) is 33.1 Å². The zero-order valence-electron chi connectivity index (χ0n) is 17.0. The second-order valence-corrected chi connectivity index (χ2v) is 9.31. The van der Waals surface area contributed by atoms with Gasteiger partial charge in [-0.3, -0.25) is 13.9 Å². The summed E-state index contributed by atoms with van der Waals surface area (Å²) in [6, 6.07) is 19.9. The van der Waals surface area contributed by atoms with Gasteiger partial charge in [-0.05, 0) is 55.0 Å². The van der Waals surface area contributed by atoms with E-state index in [1.807, 2.05) is 0 Å². The van der Waals surface area contributed by atoms with Gasteiger partial charge in [0.2, 0.25) is 10.0 Å². The summed E-state index contributed by atoms with van der Waals surface area (Å²) in [6.45, 7) is 1.53. The van der Waals surface area contributed by atoms with Crippen LogP contribution in [0.3, 0.4) is 0 Å². The van der Waals surface area contributed by atoms with Crippen molar-refractivity contribution in [1.29, 1.82) is 0 Å². The molecule has 3 aromatic carbocycles. The molecule has 0 aliphatic carbocycles. The van der Waals surface area contributed by atoms with E-state index in [2.05, 4.69) is 5.32 Å². The van der Waals surface area contributed by atoms with Crippen molar-refractivity contribution in [2.45, 2.75) is 13.5 Å². The number of benzene rings is 3. The van der Waals surface area contributed by atoms with Gasteiger partial charge in [-0.15, -0.1) is 0 Å². The van der Waals surface area contributed by atoms with Gasteiger partial charge >= 0.3 is 0 Å². The first kappa shape index (κ1) is 22.5. The lowest BCUT2D eigenvalue weighted by Gasteiger charge is -2.23. The first-order chi connectivity index (χ1) is 14.6. The summed E-state index contributed by atoms with van der Waals surface area (Å²) in [7, 11) is -3.59. The molecule has 0 fully saturated rings. The second-order valence-electron chi connectivity index (χ2n) is 7.00. The lowest BCUT2D eigenvalue weighted by molar-refractivity contribution is 0.101. The van der Waals surface area contributed by atoms with E-state index < -0.39 is 10.0 Å². The standard InChI is InChI=1S/C23H21ClN2O4S/c1-16(27)18-7-5-8-20(14-18)25-23(28)17-10-12-21(13-11-17)26(31(2,29)30)15-19-6-3-4-9-22(19)24/h3-14H,15H2,1-2H3,(H,25,28). The summed E-state index contributed by atoms with van der Waals surface area (Å²) < 4.78 is 26.0. The fourth-order valence-electron chi connectivity index (χ4n) is 2.98. The summed E-state index contributed by atoms with van der Waals surface area (Å²) in [5.41, 5.74) is 2.43. The molecule has 160 valence electrons. The Hall–Kier alpha value is -3.16. The predicted molar refractivity (Wildman–Crippen MR) is 123 cm³/mol. The normalized spacial score (nSPS) is 11.1. The van der Waals surface area contributed by atoms with Crippen molar-refractivity contribution in [3.8, 4) is 0 Å². The van der Waals surface area contributed by atoms with Gasteiger partial charge in [0.15, 0.2) is 5.78 Å². The maximum atomic E-state index is 12.6. The summed E-state index contributed by atoms with van der Waals surface area (Å²) >= 11 is 6.18. The highest BCUT2D eigenvalue weighted by atomic mass is 35.5. The van der Waals surface area contributed by atoms with Crippen molar-refractivity contribution < 1.29 is 18.0 Å². The van der Waals surface area contributed by atoms with E-state index >= 15 is 0 Å². The van der Waals surface area contributed by atoms with Gasteiger partial charge in [-0.25, -0.2) is 8.42 Å². The SMILES string of the molecule is CC(=O)c1cccc(NC(=O)c2ccc(N(Cc3ccccc3Cl)S(C)(=O)=O)cc2)c1. The summed E-state index contributed by atoms with van der Waals surface area (Å²) in [4.78, 5) is 24.1. The minimum Gasteiger partial charge on any atom is -0.322 e. The van der Waals surface area contributed by atoms with Crippen LogP contribution in [0.15, 0.2) is 72.8 Å². The van der Waals surface area contributed by atoms with Crippen molar-refractivity contribution in [3.63, 3.8) is 0 Å². The van der Waals surface area contributed by atoms with Gasteiger partial charge in [-0.1, -0.05) is 41.9 Å². The number of nitrogens with zero attached hydrogens (tertiary/aromatic N) is 1. The summed E-state index contributed by atoms with van der Waals surface area (Å²) in [6.07, 6.45) is 1.12. The smallest absolute Gasteiger partial charge is 0.255 e. The molecule has 31 heavy (non-hydrogen) atoms. The van der Waals surface area contributed by atoms with Crippen LogP contribution in [0.25, 0.3) is 0 Å². The number of hydrogen-bond acceptors (Lipinski definition) is 4. The van der Waals surface area contributed by atoms with E-state index in [4.69, 9.17) is 11.6 Å². The van der Waals surface area contributed by atoms with Gasteiger partial charge in [0, 0.05) is 21.8 Å². The quantitative estimate of drug-likeness (QED) is 0.519. The van der Waals surface area contributed by atoms with Gasteiger partial charge in [-0.2, -0.15) is 0 Å². The predicted octanol–water partition coefficient (Wildman–Crippen LogP) is 4.76. The number of carbonyl (C=O) groups is 2. The van der Waals surface area contributed by atoms with E-state index in [1.54, 1.807) is 72.8 Å². The third kappa shape index (κ3) is 5.71. The fraction of sp³-hybridized carbons (Fsp3) is 0.130. The molecule has 0 bridgehead atoms. The molecular weight excluding hydrogens is 436 g/mol. The van der Waals surface area contributed by atoms with Crippen LogP contribution in [0, 0.1) is 0 Å². The molecule has 3 rings (SSSR count). The molecule has 0 spiro atoms. The highest BCUT2D eigenvalue weighted by Crippen LogP contribution is 2.25. The van der Waals surface area contributed by atoms with Crippen LogP contribution in [-0.4, -0.2) is 26.4 Å². The molecule has 0 radical (unpaired) electrons. The van der Waals surface area contributed by atoms with Gasteiger partial charge in [0.25, 0.3) is 5.91 Å². The van der Waals surface area contributed by atoms with Crippen LogP contribution in [0.4, 0.5) is 11.4 Å². The number of ketones is 1. The molecule has 0 heterocycles. The van der Waals surface area contributed by atoms with Crippen LogP contribution in [0.5, 0.6) is 0 Å². The number of rotatable bonds is 7. The van der Waals surface area contributed by atoms with E-state index in [9.17, 15) is 18.0 Å². The zero-order chi connectivity index (χ0) is 22.6. The molecule has 0 aromatic heterocycles. The molecule has 0 aliphatic rings. The molecule has 6 nitrogen and oxygen atoms in total. The average Bonchev–Trinajstić information content (AvgIpc) is 2.72. The van der Waals surface area contributed by atoms with Gasteiger partial charge < -0.3 is 5.32 Å². The number of sulfonamides is 1. The molecule has 0 saturated heterocycles. The Morgan fingerprint density at radius 3 is 2.23 bits per heavy atom. The monoisotopic (exact) mass is 456 g/mol. The number of anilines is 2. The second kappa shape index (κ2) is 9.32. The number of carbonyl (C=O) groups excluding carboxylic acids is 2. The highest BCUT2D eigenvalue weighted by molar-refractivity contribution is 7.92. The average molecular weight is 457 g/mol.